The van der Waals surface area contributed by atoms with Gasteiger partial charge in [-0.05, 0) is 50.6 Å². The number of ether oxygens (including phenoxy) is 1. The minimum absolute atomic E-state index is 0.0727. The number of nitrogens with zero attached hydrogens (tertiary/aromatic N) is 1. The normalized spacial score (nSPS) is 11.1. The van der Waals surface area contributed by atoms with Crippen LogP contribution in [-0.2, 0) is 11.3 Å². The van der Waals surface area contributed by atoms with Crippen LogP contribution in [-0.4, -0.2) is 29.7 Å². The molecule has 31 heavy (non-hydrogen) atoms. The molecule has 0 bridgehead atoms. The number of carbonyl (C=O) groups is 2. The lowest BCUT2D eigenvalue weighted by molar-refractivity contribution is -0.131. The molecule has 0 heterocycles. The van der Waals surface area contributed by atoms with E-state index in [1.165, 1.54) is 90.9 Å². The van der Waals surface area contributed by atoms with Crippen LogP contribution < -0.4 is 4.74 Å². The van der Waals surface area contributed by atoms with Gasteiger partial charge in [0.1, 0.15) is 5.75 Å². The van der Waals surface area contributed by atoms with Crippen LogP contribution in [0.4, 0.5) is 0 Å². The summed E-state index contributed by atoms with van der Waals surface area (Å²) in [6, 6.07) is 5.65. The SMILES string of the molecule is CCCCCCCCN(CCCCCCCC)Cc1ccc(OC(C)=O)c(C(C)=O)c1. The lowest BCUT2D eigenvalue weighted by atomic mass is 10.1. The third-order valence-electron chi connectivity index (χ3n) is 5.74. The molecule has 0 saturated carbocycles. The van der Waals surface area contributed by atoms with Crippen molar-refractivity contribution in [3.63, 3.8) is 0 Å². The summed E-state index contributed by atoms with van der Waals surface area (Å²) < 4.78 is 5.22. The summed E-state index contributed by atoms with van der Waals surface area (Å²) in [5, 5.41) is 0. The van der Waals surface area contributed by atoms with Crippen molar-refractivity contribution in [2.45, 2.75) is 111 Å². The molecule has 1 aromatic carbocycles. The van der Waals surface area contributed by atoms with Gasteiger partial charge in [-0.2, -0.15) is 0 Å². The molecule has 0 aliphatic carbocycles. The minimum atomic E-state index is -0.400. The fourth-order valence-corrected chi connectivity index (χ4v) is 3.95. The average Bonchev–Trinajstić information content (AvgIpc) is 2.73. The second kappa shape index (κ2) is 16.9. The molecule has 1 aromatic rings. The number of hydrogen-bond acceptors (Lipinski definition) is 4. The van der Waals surface area contributed by atoms with Gasteiger partial charge in [0.25, 0.3) is 0 Å². The van der Waals surface area contributed by atoms with E-state index in [4.69, 9.17) is 4.74 Å². The molecule has 4 heteroatoms. The summed E-state index contributed by atoms with van der Waals surface area (Å²) in [4.78, 5) is 25.9. The molecule has 176 valence electrons. The van der Waals surface area contributed by atoms with E-state index in [-0.39, 0.29) is 5.78 Å². The number of rotatable bonds is 18. The third-order valence-corrected chi connectivity index (χ3v) is 5.74. The first-order valence-electron chi connectivity index (χ1n) is 12.5. The van der Waals surface area contributed by atoms with Crippen LogP contribution in [0.15, 0.2) is 18.2 Å². The molecule has 0 amide bonds. The molecule has 0 fully saturated rings. The number of ketones is 1. The topological polar surface area (TPSA) is 46.6 Å². The predicted octanol–water partition coefficient (Wildman–Crippen LogP) is 7.34. The van der Waals surface area contributed by atoms with Crippen molar-refractivity contribution < 1.29 is 14.3 Å². The van der Waals surface area contributed by atoms with E-state index in [0.29, 0.717) is 11.3 Å². The van der Waals surface area contributed by atoms with Crippen LogP contribution in [0.3, 0.4) is 0 Å². The van der Waals surface area contributed by atoms with E-state index in [9.17, 15) is 9.59 Å². The van der Waals surface area contributed by atoms with Crippen LogP contribution in [0.1, 0.15) is 121 Å². The highest BCUT2D eigenvalue weighted by molar-refractivity contribution is 5.97. The lowest BCUT2D eigenvalue weighted by Crippen LogP contribution is -2.26. The molecule has 0 aliphatic rings. The number of unbranched alkanes of at least 4 members (excludes halogenated alkanes) is 10. The van der Waals surface area contributed by atoms with Gasteiger partial charge in [0.15, 0.2) is 5.78 Å². The number of hydrogen-bond donors (Lipinski definition) is 0. The molecule has 4 nitrogen and oxygen atoms in total. The van der Waals surface area contributed by atoms with Crippen LogP contribution in [0.25, 0.3) is 0 Å². The second-order valence-electron chi connectivity index (χ2n) is 8.79. The van der Waals surface area contributed by atoms with E-state index < -0.39 is 5.97 Å². The van der Waals surface area contributed by atoms with Gasteiger partial charge < -0.3 is 4.74 Å². The van der Waals surface area contributed by atoms with Gasteiger partial charge in [0.05, 0.1) is 5.56 Å². The summed E-state index contributed by atoms with van der Waals surface area (Å²) in [5.74, 6) is -0.110. The van der Waals surface area contributed by atoms with Crippen molar-refractivity contribution in [3.05, 3.63) is 29.3 Å². The van der Waals surface area contributed by atoms with E-state index >= 15 is 0 Å². The molecule has 0 aromatic heterocycles. The molecule has 0 aliphatic heterocycles. The second-order valence-corrected chi connectivity index (χ2v) is 8.79. The van der Waals surface area contributed by atoms with Gasteiger partial charge in [0.2, 0.25) is 0 Å². The molecule has 0 saturated heterocycles. The summed E-state index contributed by atoms with van der Waals surface area (Å²) in [6.07, 6.45) is 15.6. The molecule has 0 unspecified atom stereocenters. The first-order chi connectivity index (χ1) is 15.0. The standard InChI is InChI=1S/C27H45NO3/c1-5-7-9-11-13-15-19-28(20-16-14-12-10-8-6-2)22-25-17-18-27(31-24(4)30)26(21-25)23(3)29/h17-18,21H,5-16,19-20,22H2,1-4H3. The highest BCUT2D eigenvalue weighted by atomic mass is 16.5. The maximum atomic E-state index is 12.1. The van der Waals surface area contributed by atoms with Crippen molar-refractivity contribution in [1.29, 1.82) is 0 Å². The Morgan fingerprint density at radius 2 is 1.29 bits per heavy atom. The van der Waals surface area contributed by atoms with E-state index in [0.717, 1.165) is 25.2 Å². The third kappa shape index (κ3) is 12.7. The Bertz CT molecular complexity index is 625. The summed E-state index contributed by atoms with van der Waals surface area (Å²) in [5.41, 5.74) is 1.60. The zero-order valence-corrected chi connectivity index (χ0v) is 20.5. The Morgan fingerprint density at radius 3 is 1.77 bits per heavy atom. The number of esters is 1. The Balaban J connectivity index is 2.69. The van der Waals surface area contributed by atoms with Crippen LogP contribution >= 0.6 is 0 Å². The van der Waals surface area contributed by atoms with Gasteiger partial charge in [-0.25, -0.2) is 0 Å². The Kier molecular flexibility index (Phi) is 15.0. The number of Topliss-reactive ketones (excluding diaryl/α,β-unsaturated/α-hetero) is 1. The number of carbonyl (C=O) groups excluding carboxylic acids is 2. The van der Waals surface area contributed by atoms with Crippen LogP contribution in [0.2, 0.25) is 0 Å². The number of benzene rings is 1. The van der Waals surface area contributed by atoms with Gasteiger partial charge >= 0.3 is 5.97 Å². The maximum absolute atomic E-state index is 12.1. The van der Waals surface area contributed by atoms with Crippen molar-refractivity contribution in [3.8, 4) is 5.75 Å². The summed E-state index contributed by atoms with van der Waals surface area (Å²) in [7, 11) is 0. The highest BCUT2D eigenvalue weighted by Crippen LogP contribution is 2.22. The lowest BCUT2D eigenvalue weighted by Gasteiger charge is -2.23. The van der Waals surface area contributed by atoms with Gasteiger partial charge in [-0.3, -0.25) is 14.5 Å². The predicted molar refractivity (Wildman–Crippen MR) is 130 cm³/mol. The molecule has 0 spiro atoms. The zero-order chi connectivity index (χ0) is 22.9. The van der Waals surface area contributed by atoms with Crippen molar-refractivity contribution >= 4 is 11.8 Å². The maximum Gasteiger partial charge on any atom is 0.308 e. The van der Waals surface area contributed by atoms with Crippen molar-refractivity contribution in [2.75, 3.05) is 13.1 Å². The monoisotopic (exact) mass is 431 g/mol. The molecule has 0 N–H and O–H groups in total. The fourth-order valence-electron chi connectivity index (χ4n) is 3.95. The van der Waals surface area contributed by atoms with Gasteiger partial charge in [-0.1, -0.05) is 84.1 Å². The quantitative estimate of drug-likeness (QED) is 0.106. The van der Waals surface area contributed by atoms with E-state index in [1.807, 2.05) is 12.1 Å². The first-order valence-corrected chi connectivity index (χ1v) is 12.5. The molecule has 0 radical (unpaired) electrons. The summed E-state index contributed by atoms with van der Waals surface area (Å²) >= 11 is 0. The molecular weight excluding hydrogens is 386 g/mol. The minimum Gasteiger partial charge on any atom is -0.426 e. The Hall–Kier alpha value is -1.68. The average molecular weight is 432 g/mol. The fraction of sp³-hybridized carbons (Fsp3) is 0.704. The molecular formula is C27H45NO3. The van der Waals surface area contributed by atoms with Gasteiger partial charge in [-0.15, -0.1) is 0 Å². The highest BCUT2D eigenvalue weighted by Gasteiger charge is 2.13. The van der Waals surface area contributed by atoms with Crippen molar-refractivity contribution in [1.82, 2.24) is 4.90 Å². The zero-order valence-electron chi connectivity index (χ0n) is 20.5. The smallest absolute Gasteiger partial charge is 0.308 e. The Morgan fingerprint density at radius 1 is 0.774 bits per heavy atom. The van der Waals surface area contributed by atoms with Crippen molar-refractivity contribution in [2.24, 2.45) is 0 Å². The van der Waals surface area contributed by atoms with Gasteiger partial charge in [0, 0.05) is 13.5 Å². The van der Waals surface area contributed by atoms with Crippen LogP contribution in [0, 0.1) is 0 Å². The summed E-state index contributed by atoms with van der Waals surface area (Å²) in [6.45, 7) is 10.4. The first kappa shape index (κ1) is 27.4. The van der Waals surface area contributed by atoms with E-state index in [2.05, 4.69) is 18.7 Å². The molecule has 1 rings (SSSR count). The van der Waals surface area contributed by atoms with Crippen LogP contribution in [0.5, 0.6) is 5.75 Å². The van der Waals surface area contributed by atoms with E-state index in [1.54, 1.807) is 6.07 Å². The largest absolute Gasteiger partial charge is 0.426 e. The molecule has 0 atom stereocenters. The Labute approximate surface area is 190 Å².